The maximum Gasteiger partial charge on any atom is 0.231 e. The highest BCUT2D eigenvalue weighted by Gasteiger charge is 2.35. The Labute approximate surface area is 177 Å². The second-order valence-corrected chi connectivity index (χ2v) is 7.94. The number of ether oxygens (including phenoxy) is 1. The van der Waals surface area contributed by atoms with Crippen LogP contribution in [0.4, 0.5) is 10.8 Å². The molecule has 1 atom stereocenters. The number of anilines is 2. The number of thiazole rings is 1. The molecule has 148 valence electrons. The Morgan fingerprint density at radius 3 is 2.90 bits per heavy atom. The van der Waals surface area contributed by atoms with Crippen LogP contribution in [0.1, 0.15) is 6.42 Å². The molecule has 0 saturated carbocycles. The SMILES string of the molecule is COc1cccc(-c2csc(NC(=O)C3CC(=O)N(c4cccc(Cl)c4)C3)n2)c1. The number of rotatable bonds is 5. The first-order valence-electron chi connectivity index (χ1n) is 9.00. The average molecular weight is 428 g/mol. The Hall–Kier alpha value is -2.90. The first-order chi connectivity index (χ1) is 14.0. The Balaban J connectivity index is 1.44. The Morgan fingerprint density at radius 1 is 1.28 bits per heavy atom. The summed E-state index contributed by atoms with van der Waals surface area (Å²) < 4.78 is 5.24. The lowest BCUT2D eigenvalue weighted by Crippen LogP contribution is -2.28. The molecule has 2 amide bonds. The number of benzene rings is 2. The number of carbonyl (C=O) groups is 2. The van der Waals surface area contributed by atoms with Gasteiger partial charge in [-0.05, 0) is 30.3 Å². The van der Waals surface area contributed by atoms with Crippen LogP contribution in [-0.2, 0) is 9.59 Å². The molecule has 4 rings (SSSR count). The molecular weight excluding hydrogens is 410 g/mol. The first kappa shape index (κ1) is 19.4. The van der Waals surface area contributed by atoms with Crippen LogP contribution in [-0.4, -0.2) is 30.5 Å². The summed E-state index contributed by atoms with van der Waals surface area (Å²) in [5, 5.41) is 5.77. The first-order valence-corrected chi connectivity index (χ1v) is 10.3. The zero-order valence-electron chi connectivity index (χ0n) is 15.6. The summed E-state index contributed by atoms with van der Waals surface area (Å²) >= 11 is 7.36. The number of carbonyl (C=O) groups excluding carboxylic acids is 2. The van der Waals surface area contributed by atoms with E-state index in [1.165, 1.54) is 11.3 Å². The Bertz CT molecular complexity index is 1070. The molecule has 2 heterocycles. The number of hydrogen-bond acceptors (Lipinski definition) is 5. The summed E-state index contributed by atoms with van der Waals surface area (Å²) in [5.74, 6) is -0.00430. The van der Waals surface area contributed by atoms with Crippen molar-refractivity contribution in [2.45, 2.75) is 6.42 Å². The van der Waals surface area contributed by atoms with Crippen molar-refractivity contribution in [3.63, 3.8) is 0 Å². The Kier molecular flexibility index (Phi) is 5.51. The molecule has 1 unspecified atom stereocenters. The van der Waals surface area contributed by atoms with E-state index in [0.29, 0.717) is 22.4 Å². The Morgan fingerprint density at radius 2 is 2.10 bits per heavy atom. The number of nitrogens with one attached hydrogen (secondary N) is 1. The monoisotopic (exact) mass is 427 g/mol. The lowest BCUT2D eigenvalue weighted by molar-refractivity contribution is -0.122. The van der Waals surface area contributed by atoms with E-state index in [1.807, 2.05) is 35.7 Å². The van der Waals surface area contributed by atoms with Crippen LogP contribution in [0.2, 0.25) is 5.02 Å². The van der Waals surface area contributed by atoms with E-state index in [2.05, 4.69) is 10.3 Å². The van der Waals surface area contributed by atoms with E-state index < -0.39 is 5.92 Å². The van der Waals surface area contributed by atoms with Gasteiger partial charge in [-0.2, -0.15) is 0 Å². The van der Waals surface area contributed by atoms with Crippen LogP contribution in [0.3, 0.4) is 0 Å². The van der Waals surface area contributed by atoms with Crippen molar-refractivity contribution < 1.29 is 14.3 Å². The van der Waals surface area contributed by atoms with Crippen LogP contribution < -0.4 is 15.0 Å². The minimum absolute atomic E-state index is 0.0939. The van der Waals surface area contributed by atoms with Crippen molar-refractivity contribution in [2.24, 2.45) is 5.92 Å². The van der Waals surface area contributed by atoms with Crippen molar-refractivity contribution in [3.8, 4) is 17.0 Å². The minimum Gasteiger partial charge on any atom is -0.497 e. The third-order valence-electron chi connectivity index (χ3n) is 4.72. The number of amides is 2. The van der Waals surface area contributed by atoms with Crippen LogP contribution >= 0.6 is 22.9 Å². The molecule has 29 heavy (non-hydrogen) atoms. The predicted octanol–water partition coefficient (Wildman–Crippen LogP) is 4.46. The quantitative estimate of drug-likeness (QED) is 0.652. The number of aromatic nitrogens is 1. The molecule has 3 aromatic rings. The van der Waals surface area contributed by atoms with Crippen molar-refractivity contribution in [3.05, 3.63) is 58.9 Å². The fourth-order valence-electron chi connectivity index (χ4n) is 3.23. The van der Waals surface area contributed by atoms with Gasteiger partial charge in [0.25, 0.3) is 0 Å². The van der Waals surface area contributed by atoms with Gasteiger partial charge in [-0.3, -0.25) is 9.59 Å². The average Bonchev–Trinajstić information content (AvgIpc) is 3.35. The smallest absolute Gasteiger partial charge is 0.231 e. The van der Waals surface area contributed by atoms with Crippen LogP contribution in [0.15, 0.2) is 53.9 Å². The van der Waals surface area contributed by atoms with Gasteiger partial charge in [0.1, 0.15) is 5.75 Å². The molecule has 0 spiro atoms. The maximum atomic E-state index is 12.7. The van der Waals surface area contributed by atoms with E-state index in [4.69, 9.17) is 16.3 Å². The van der Waals surface area contributed by atoms with Crippen LogP contribution in [0.5, 0.6) is 5.75 Å². The number of hydrogen-bond donors (Lipinski definition) is 1. The van der Waals surface area contributed by atoms with Crippen molar-refractivity contribution >= 4 is 45.6 Å². The number of halogens is 1. The predicted molar refractivity (Wildman–Crippen MR) is 115 cm³/mol. The fourth-order valence-corrected chi connectivity index (χ4v) is 4.14. The second kappa shape index (κ2) is 8.23. The summed E-state index contributed by atoms with van der Waals surface area (Å²) in [5.41, 5.74) is 2.36. The van der Waals surface area contributed by atoms with Crippen molar-refractivity contribution in [2.75, 3.05) is 23.9 Å². The summed E-state index contributed by atoms with van der Waals surface area (Å²) in [6.45, 7) is 0.319. The molecular formula is C21H18ClN3O3S. The van der Waals surface area contributed by atoms with Gasteiger partial charge < -0.3 is 15.0 Å². The van der Waals surface area contributed by atoms with Gasteiger partial charge in [-0.1, -0.05) is 29.8 Å². The molecule has 0 bridgehead atoms. The fraction of sp³-hybridized carbons (Fsp3) is 0.190. The summed E-state index contributed by atoms with van der Waals surface area (Å²) in [4.78, 5) is 31.1. The molecule has 0 radical (unpaired) electrons. The zero-order valence-corrected chi connectivity index (χ0v) is 17.2. The lowest BCUT2D eigenvalue weighted by atomic mass is 10.1. The third-order valence-corrected chi connectivity index (χ3v) is 5.71. The lowest BCUT2D eigenvalue weighted by Gasteiger charge is -2.16. The second-order valence-electron chi connectivity index (χ2n) is 6.64. The molecule has 1 aliphatic heterocycles. The minimum atomic E-state index is -0.439. The van der Waals surface area contributed by atoms with Gasteiger partial charge in [-0.25, -0.2) is 4.98 Å². The molecule has 0 aliphatic carbocycles. The van der Waals surface area contributed by atoms with Crippen LogP contribution in [0, 0.1) is 5.92 Å². The van der Waals surface area contributed by atoms with Gasteiger partial charge in [-0.15, -0.1) is 11.3 Å². The molecule has 8 heteroatoms. The topological polar surface area (TPSA) is 71.5 Å². The van der Waals surface area contributed by atoms with Crippen molar-refractivity contribution in [1.29, 1.82) is 0 Å². The van der Waals surface area contributed by atoms with Gasteiger partial charge >= 0.3 is 0 Å². The van der Waals surface area contributed by atoms with Gasteiger partial charge in [0, 0.05) is 34.6 Å². The molecule has 2 aromatic carbocycles. The standard InChI is InChI=1S/C21H18ClN3O3S/c1-28-17-7-2-4-13(8-17)18-12-29-21(23-18)24-20(27)14-9-19(26)25(11-14)16-6-3-5-15(22)10-16/h2-8,10,12,14H,9,11H2,1H3,(H,23,24,27). The molecule has 1 N–H and O–H groups in total. The molecule has 1 aliphatic rings. The largest absolute Gasteiger partial charge is 0.497 e. The number of nitrogens with zero attached hydrogens (tertiary/aromatic N) is 2. The highest BCUT2D eigenvalue weighted by molar-refractivity contribution is 7.14. The van der Waals surface area contributed by atoms with E-state index >= 15 is 0 Å². The molecule has 6 nitrogen and oxygen atoms in total. The van der Waals surface area contributed by atoms with Gasteiger partial charge in [0.15, 0.2) is 5.13 Å². The normalized spacial score (nSPS) is 16.1. The highest BCUT2D eigenvalue weighted by Crippen LogP contribution is 2.30. The van der Waals surface area contributed by atoms with Crippen LogP contribution in [0.25, 0.3) is 11.3 Å². The zero-order chi connectivity index (χ0) is 20.4. The summed E-state index contributed by atoms with van der Waals surface area (Å²) in [6.07, 6.45) is 0.159. The summed E-state index contributed by atoms with van der Waals surface area (Å²) in [6, 6.07) is 14.6. The third kappa shape index (κ3) is 4.26. The molecule has 1 aromatic heterocycles. The number of methoxy groups -OCH3 is 1. The van der Waals surface area contributed by atoms with E-state index in [-0.39, 0.29) is 18.2 Å². The molecule has 1 saturated heterocycles. The van der Waals surface area contributed by atoms with E-state index in [9.17, 15) is 9.59 Å². The van der Waals surface area contributed by atoms with E-state index in [0.717, 1.165) is 17.0 Å². The highest BCUT2D eigenvalue weighted by atomic mass is 35.5. The van der Waals surface area contributed by atoms with Gasteiger partial charge in [0.05, 0.1) is 18.7 Å². The van der Waals surface area contributed by atoms with Gasteiger partial charge in [0.2, 0.25) is 11.8 Å². The van der Waals surface area contributed by atoms with E-state index in [1.54, 1.807) is 30.2 Å². The molecule has 1 fully saturated rings. The maximum absolute atomic E-state index is 12.7. The van der Waals surface area contributed by atoms with Crippen molar-refractivity contribution in [1.82, 2.24) is 4.98 Å². The summed E-state index contributed by atoms with van der Waals surface area (Å²) in [7, 11) is 1.61.